The molecule has 0 bridgehead atoms. The van der Waals surface area contributed by atoms with Crippen LogP contribution in [0, 0.1) is 0 Å². The number of rotatable bonds is 6. The number of amides is 1. The van der Waals surface area contributed by atoms with Gasteiger partial charge in [-0.3, -0.25) is 4.79 Å². The van der Waals surface area contributed by atoms with Crippen LogP contribution in [0.15, 0.2) is 32.7 Å². The molecule has 0 spiro atoms. The minimum atomic E-state index is -4.49. The van der Waals surface area contributed by atoms with Crippen molar-refractivity contribution in [3.05, 3.63) is 18.2 Å². The molecule has 1 aromatic heterocycles. The summed E-state index contributed by atoms with van der Waals surface area (Å²) in [6.45, 7) is -0.255. The number of sulfonamides is 1. The van der Waals surface area contributed by atoms with E-state index in [1.54, 1.807) is 5.32 Å². The third-order valence-corrected chi connectivity index (χ3v) is 6.48. The molecule has 1 N–H and O–H groups in total. The maximum Gasteiger partial charge on any atom is 0.405 e. The topological polar surface area (TPSA) is 102 Å². The zero-order valence-electron chi connectivity index (χ0n) is 14.4. The Morgan fingerprint density at radius 3 is 2.68 bits per heavy atom. The van der Waals surface area contributed by atoms with Crippen molar-refractivity contribution in [3.63, 3.8) is 0 Å². The predicted octanol–water partition coefficient (Wildman–Crippen LogP) is 1.62. The van der Waals surface area contributed by atoms with Crippen LogP contribution in [-0.2, 0) is 19.6 Å². The van der Waals surface area contributed by atoms with E-state index in [4.69, 9.17) is 9.15 Å². The molecule has 1 aromatic carbocycles. The second-order valence-electron chi connectivity index (χ2n) is 5.81. The van der Waals surface area contributed by atoms with Gasteiger partial charge in [-0.2, -0.15) is 17.5 Å². The highest BCUT2D eigenvalue weighted by Gasteiger charge is 2.28. The van der Waals surface area contributed by atoms with Crippen molar-refractivity contribution in [3.8, 4) is 0 Å². The molecule has 2 aromatic rings. The van der Waals surface area contributed by atoms with E-state index in [1.807, 2.05) is 0 Å². The molecule has 8 nitrogen and oxygen atoms in total. The van der Waals surface area contributed by atoms with Gasteiger partial charge in [0, 0.05) is 13.1 Å². The molecular formula is C15H16F3N3O5S2. The third kappa shape index (κ3) is 5.16. The van der Waals surface area contributed by atoms with E-state index >= 15 is 0 Å². The summed E-state index contributed by atoms with van der Waals surface area (Å²) < 4.78 is 73.4. The smallest absolute Gasteiger partial charge is 0.405 e. The molecule has 1 amide bonds. The SMILES string of the molecule is O=C(CSc1nc2cc(S(=O)(=O)N3CCOCC3)ccc2o1)NCC(F)(F)F. The van der Waals surface area contributed by atoms with E-state index in [2.05, 4.69) is 4.98 Å². The highest BCUT2D eigenvalue weighted by molar-refractivity contribution is 7.99. The first-order valence-corrected chi connectivity index (χ1v) is 10.5. The van der Waals surface area contributed by atoms with Crippen LogP contribution in [0.3, 0.4) is 0 Å². The van der Waals surface area contributed by atoms with E-state index in [1.165, 1.54) is 22.5 Å². The number of hydrogen-bond acceptors (Lipinski definition) is 7. The number of thioether (sulfide) groups is 1. The Morgan fingerprint density at radius 1 is 1.29 bits per heavy atom. The van der Waals surface area contributed by atoms with E-state index in [0.717, 1.165) is 11.8 Å². The molecule has 3 rings (SSSR count). The van der Waals surface area contributed by atoms with Gasteiger partial charge in [-0.1, -0.05) is 11.8 Å². The van der Waals surface area contributed by atoms with Gasteiger partial charge in [0.15, 0.2) is 5.58 Å². The fourth-order valence-electron chi connectivity index (χ4n) is 2.42. The van der Waals surface area contributed by atoms with Gasteiger partial charge in [0.2, 0.25) is 15.9 Å². The first kappa shape index (κ1) is 20.9. The Bertz CT molecular complexity index is 955. The van der Waals surface area contributed by atoms with Gasteiger partial charge in [-0.15, -0.1) is 0 Å². The van der Waals surface area contributed by atoms with Crippen molar-refractivity contribution in [1.29, 1.82) is 0 Å². The highest BCUT2D eigenvalue weighted by Crippen LogP contribution is 2.27. The number of nitrogens with zero attached hydrogens (tertiary/aromatic N) is 2. The number of ether oxygens (including phenoxy) is 1. The summed E-state index contributed by atoms with van der Waals surface area (Å²) in [7, 11) is -3.70. The van der Waals surface area contributed by atoms with Gasteiger partial charge in [-0.05, 0) is 18.2 Å². The Balaban J connectivity index is 1.68. The number of alkyl halides is 3. The molecule has 154 valence electrons. The van der Waals surface area contributed by atoms with Crippen molar-refractivity contribution >= 4 is 38.8 Å². The maximum atomic E-state index is 12.7. The quantitative estimate of drug-likeness (QED) is 0.683. The Morgan fingerprint density at radius 2 is 2.00 bits per heavy atom. The number of morpholine rings is 1. The molecule has 1 aliphatic rings. The van der Waals surface area contributed by atoms with E-state index in [0.29, 0.717) is 18.8 Å². The van der Waals surface area contributed by atoms with Crippen LogP contribution < -0.4 is 5.32 Å². The molecule has 2 heterocycles. The van der Waals surface area contributed by atoms with Crippen LogP contribution in [0.25, 0.3) is 11.1 Å². The number of carbonyl (C=O) groups excluding carboxylic acids is 1. The zero-order chi connectivity index (χ0) is 20.4. The maximum absolute atomic E-state index is 12.7. The molecule has 1 fully saturated rings. The van der Waals surface area contributed by atoms with Crippen LogP contribution in [0.4, 0.5) is 13.2 Å². The monoisotopic (exact) mass is 439 g/mol. The largest absolute Gasteiger partial charge is 0.431 e. The van der Waals surface area contributed by atoms with Crippen LogP contribution in [0.1, 0.15) is 0 Å². The molecule has 0 aliphatic carbocycles. The van der Waals surface area contributed by atoms with Crippen molar-refractivity contribution in [1.82, 2.24) is 14.6 Å². The Hall–Kier alpha value is -1.83. The number of halogens is 3. The van der Waals surface area contributed by atoms with Gasteiger partial charge in [-0.25, -0.2) is 13.4 Å². The normalized spacial score (nSPS) is 16.4. The van der Waals surface area contributed by atoms with Gasteiger partial charge in [0.25, 0.3) is 5.22 Å². The average molecular weight is 439 g/mol. The number of oxazole rings is 1. The standard InChI is InChI=1S/C15H16F3N3O5S2/c16-15(17,18)9-19-13(22)8-27-14-20-11-7-10(1-2-12(11)26-14)28(23,24)21-3-5-25-6-4-21/h1-2,7H,3-6,8-9H2,(H,19,22). The number of nitrogens with one attached hydrogen (secondary N) is 1. The van der Waals surface area contributed by atoms with Gasteiger partial charge >= 0.3 is 6.18 Å². The average Bonchev–Trinajstić information content (AvgIpc) is 3.07. The van der Waals surface area contributed by atoms with Crippen molar-refractivity contribution in [2.45, 2.75) is 16.3 Å². The summed E-state index contributed by atoms with van der Waals surface area (Å²) in [5.41, 5.74) is 0.576. The Labute approximate surface area is 162 Å². The molecule has 1 saturated heterocycles. The van der Waals surface area contributed by atoms with Gasteiger partial charge < -0.3 is 14.5 Å². The third-order valence-electron chi connectivity index (χ3n) is 3.76. The molecule has 0 saturated carbocycles. The molecule has 13 heteroatoms. The van der Waals surface area contributed by atoms with E-state index < -0.39 is 28.7 Å². The predicted molar refractivity (Wildman–Crippen MR) is 93.4 cm³/mol. The summed E-state index contributed by atoms with van der Waals surface area (Å²) in [5, 5.41) is 1.80. The van der Waals surface area contributed by atoms with Crippen LogP contribution in [0.5, 0.6) is 0 Å². The lowest BCUT2D eigenvalue weighted by molar-refractivity contribution is -0.136. The molecular weight excluding hydrogens is 423 g/mol. The van der Waals surface area contributed by atoms with Crippen molar-refractivity contribution in [2.75, 3.05) is 38.6 Å². The van der Waals surface area contributed by atoms with Crippen molar-refractivity contribution in [2.24, 2.45) is 0 Å². The molecule has 0 radical (unpaired) electrons. The van der Waals surface area contributed by atoms with Crippen molar-refractivity contribution < 1.29 is 35.5 Å². The summed E-state index contributed by atoms with van der Waals surface area (Å²) in [5.74, 6) is -1.14. The number of carbonyl (C=O) groups is 1. The molecule has 0 unspecified atom stereocenters. The fraction of sp³-hybridized carbons (Fsp3) is 0.467. The highest BCUT2D eigenvalue weighted by atomic mass is 32.2. The molecule has 1 aliphatic heterocycles. The van der Waals surface area contributed by atoms with E-state index in [-0.39, 0.29) is 34.5 Å². The second-order valence-corrected chi connectivity index (χ2v) is 8.67. The van der Waals surface area contributed by atoms with E-state index in [9.17, 15) is 26.4 Å². The fourth-order valence-corrected chi connectivity index (χ4v) is 4.52. The summed E-state index contributed by atoms with van der Waals surface area (Å²) in [6, 6.07) is 4.20. The van der Waals surface area contributed by atoms with Crippen LogP contribution in [-0.4, -0.2) is 68.4 Å². The first-order valence-electron chi connectivity index (χ1n) is 8.10. The lowest BCUT2D eigenvalue weighted by Gasteiger charge is -2.25. The summed E-state index contributed by atoms with van der Waals surface area (Å²) in [6.07, 6.45) is -4.49. The number of aromatic nitrogens is 1. The van der Waals surface area contributed by atoms with Crippen LogP contribution in [0.2, 0.25) is 0 Å². The Kier molecular flexibility index (Phi) is 6.17. The number of fused-ring (bicyclic) bond motifs is 1. The molecule has 0 atom stereocenters. The minimum Gasteiger partial charge on any atom is -0.431 e. The van der Waals surface area contributed by atoms with Gasteiger partial charge in [0.1, 0.15) is 12.1 Å². The minimum absolute atomic E-state index is 0.0506. The lowest BCUT2D eigenvalue weighted by Crippen LogP contribution is -2.40. The number of benzene rings is 1. The summed E-state index contributed by atoms with van der Waals surface area (Å²) in [4.78, 5) is 15.6. The zero-order valence-corrected chi connectivity index (χ0v) is 16.0. The van der Waals surface area contributed by atoms with Gasteiger partial charge in [0.05, 0.1) is 23.9 Å². The molecule has 28 heavy (non-hydrogen) atoms. The lowest BCUT2D eigenvalue weighted by atomic mass is 10.3. The number of hydrogen-bond donors (Lipinski definition) is 1. The first-order chi connectivity index (χ1) is 13.1. The second kappa shape index (κ2) is 8.27. The summed E-state index contributed by atoms with van der Waals surface area (Å²) >= 11 is 0.813. The van der Waals surface area contributed by atoms with Crippen LogP contribution >= 0.6 is 11.8 Å².